The number of carbonyl (C=O) groups excluding carboxylic acids is 2. The summed E-state index contributed by atoms with van der Waals surface area (Å²) in [7, 11) is 0. The fourth-order valence-electron chi connectivity index (χ4n) is 3.24. The van der Waals surface area contributed by atoms with Gasteiger partial charge in [0.05, 0.1) is 16.7 Å². The molecule has 5 nitrogen and oxygen atoms in total. The van der Waals surface area contributed by atoms with Gasteiger partial charge in [-0.2, -0.15) is 0 Å². The van der Waals surface area contributed by atoms with Crippen molar-refractivity contribution in [1.29, 1.82) is 0 Å². The molecule has 2 N–H and O–H groups in total. The summed E-state index contributed by atoms with van der Waals surface area (Å²) in [4.78, 5) is 30.3. The Hall–Kier alpha value is -1.75. The molecule has 1 aliphatic heterocycles. The molecule has 0 radical (unpaired) electrons. The molecule has 1 aliphatic carbocycles. The Labute approximate surface area is 111 Å². The molecule has 2 amide bonds. The van der Waals surface area contributed by atoms with Gasteiger partial charge >= 0.3 is 0 Å². The largest absolute Gasteiger partial charge is 0.328 e. The summed E-state index contributed by atoms with van der Waals surface area (Å²) in [5, 5.41) is 0. The molecule has 1 saturated carbocycles. The highest BCUT2D eigenvalue weighted by Gasteiger charge is 2.48. The predicted octanol–water partition coefficient (Wildman–Crippen LogP) is 1.34. The van der Waals surface area contributed by atoms with E-state index in [4.69, 9.17) is 5.73 Å². The van der Waals surface area contributed by atoms with Crippen molar-refractivity contribution in [2.24, 2.45) is 5.73 Å². The summed E-state index contributed by atoms with van der Waals surface area (Å²) >= 11 is 0. The maximum absolute atomic E-state index is 12.5. The molecule has 0 bridgehead atoms. The first kappa shape index (κ1) is 12.3. The minimum Gasteiger partial charge on any atom is -0.328 e. The van der Waals surface area contributed by atoms with Crippen molar-refractivity contribution in [2.45, 2.75) is 37.6 Å². The molecule has 2 heterocycles. The Kier molecular flexibility index (Phi) is 2.86. The van der Waals surface area contributed by atoms with Crippen LogP contribution < -0.4 is 5.73 Å². The van der Waals surface area contributed by atoms with Crippen LogP contribution in [0.15, 0.2) is 18.5 Å². The number of hydrogen-bond acceptors (Lipinski definition) is 4. The van der Waals surface area contributed by atoms with Crippen molar-refractivity contribution < 1.29 is 9.59 Å². The average molecular weight is 259 g/mol. The zero-order chi connectivity index (χ0) is 13.5. The zero-order valence-corrected chi connectivity index (χ0v) is 10.8. The van der Waals surface area contributed by atoms with Gasteiger partial charge in [0.25, 0.3) is 11.8 Å². The van der Waals surface area contributed by atoms with Crippen LogP contribution in [0.4, 0.5) is 0 Å². The summed E-state index contributed by atoms with van der Waals surface area (Å²) in [6, 6.07) is 1.61. The van der Waals surface area contributed by atoms with Gasteiger partial charge in [-0.25, -0.2) is 0 Å². The summed E-state index contributed by atoms with van der Waals surface area (Å²) in [6.45, 7) is 0.339. The highest BCUT2D eigenvalue weighted by molar-refractivity contribution is 6.21. The fourth-order valence-corrected chi connectivity index (χ4v) is 3.24. The molecule has 5 heteroatoms. The van der Waals surface area contributed by atoms with Crippen LogP contribution in [0.1, 0.15) is 52.8 Å². The first-order valence-corrected chi connectivity index (χ1v) is 6.73. The van der Waals surface area contributed by atoms with E-state index in [0.29, 0.717) is 17.7 Å². The summed E-state index contributed by atoms with van der Waals surface area (Å²) < 4.78 is 0. The van der Waals surface area contributed by atoms with Gasteiger partial charge in [0.15, 0.2) is 0 Å². The third-order valence-electron chi connectivity index (χ3n) is 4.33. The Balaban J connectivity index is 2.03. The molecule has 19 heavy (non-hydrogen) atoms. The predicted molar refractivity (Wildman–Crippen MR) is 69.6 cm³/mol. The number of nitrogens with two attached hydrogens (primary N) is 1. The van der Waals surface area contributed by atoms with Crippen molar-refractivity contribution in [2.75, 3.05) is 6.54 Å². The normalized spacial score (nSPS) is 21.6. The van der Waals surface area contributed by atoms with Crippen molar-refractivity contribution in [3.63, 3.8) is 0 Å². The number of imide groups is 1. The van der Waals surface area contributed by atoms with Crippen molar-refractivity contribution >= 4 is 11.8 Å². The number of aromatic nitrogens is 1. The quantitative estimate of drug-likeness (QED) is 0.813. The van der Waals surface area contributed by atoms with Crippen LogP contribution >= 0.6 is 0 Å². The van der Waals surface area contributed by atoms with Gasteiger partial charge in [-0.1, -0.05) is 19.3 Å². The molecular weight excluding hydrogens is 242 g/mol. The van der Waals surface area contributed by atoms with Crippen molar-refractivity contribution in [1.82, 2.24) is 9.88 Å². The first-order chi connectivity index (χ1) is 9.19. The second-order valence-corrected chi connectivity index (χ2v) is 5.36. The molecule has 1 fully saturated rings. The lowest BCUT2D eigenvalue weighted by Crippen LogP contribution is -2.57. The van der Waals surface area contributed by atoms with Crippen LogP contribution in [0.3, 0.4) is 0 Å². The number of amides is 2. The molecule has 0 spiro atoms. The fraction of sp³-hybridized carbons (Fsp3) is 0.500. The molecular formula is C14H17N3O2. The molecule has 0 aromatic carbocycles. The number of rotatable bonds is 2. The van der Waals surface area contributed by atoms with E-state index in [1.165, 1.54) is 11.1 Å². The standard InChI is InChI=1S/C14H17N3O2/c15-9-14(5-2-1-3-6-14)17-12(18)10-4-7-16-8-11(10)13(17)19/h4,7-8H,1-3,5-6,9,15H2. The smallest absolute Gasteiger partial charge is 0.263 e. The van der Waals surface area contributed by atoms with E-state index in [1.807, 2.05) is 0 Å². The third kappa shape index (κ3) is 1.69. The lowest BCUT2D eigenvalue weighted by Gasteiger charge is -2.42. The van der Waals surface area contributed by atoms with E-state index in [-0.39, 0.29) is 11.8 Å². The molecule has 3 rings (SSSR count). The second kappa shape index (κ2) is 4.42. The van der Waals surface area contributed by atoms with Crippen LogP contribution in [-0.4, -0.2) is 33.8 Å². The van der Waals surface area contributed by atoms with Gasteiger partial charge in [-0.05, 0) is 18.9 Å². The lowest BCUT2D eigenvalue weighted by atomic mass is 9.80. The molecule has 0 unspecified atom stereocenters. The Morgan fingerprint density at radius 1 is 1.16 bits per heavy atom. The van der Waals surface area contributed by atoms with Gasteiger partial charge in [0, 0.05) is 18.9 Å². The molecule has 1 aromatic heterocycles. The van der Waals surface area contributed by atoms with Gasteiger partial charge in [-0.3, -0.25) is 19.5 Å². The Bertz CT molecular complexity index is 500. The summed E-state index contributed by atoms with van der Waals surface area (Å²) in [5.74, 6) is -0.449. The summed E-state index contributed by atoms with van der Waals surface area (Å²) in [5.41, 5.74) is 6.29. The van der Waals surface area contributed by atoms with Crippen LogP contribution in [0.25, 0.3) is 0 Å². The van der Waals surface area contributed by atoms with E-state index in [1.54, 1.807) is 12.3 Å². The second-order valence-electron chi connectivity index (χ2n) is 5.36. The van der Waals surface area contributed by atoms with E-state index >= 15 is 0 Å². The number of pyridine rings is 1. The Morgan fingerprint density at radius 3 is 2.47 bits per heavy atom. The number of hydrogen-bond donors (Lipinski definition) is 1. The Morgan fingerprint density at radius 2 is 1.84 bits per heavy atom. The monoisotopic (exact) mass is 259 g/mol. The zero-order valence-electron chi connectivity index (χ0n) is 10.8. The highest BCUT2D eigenvalue weighted by Crippen LogP contribution is 2.38. The molecule has 0 saturated heterocycles. The minimum atomic E-state index is -0.495. The SMILES string of the molecule is NCC1(N2C(=O)c3ccncc3C2=O)CCCCC1. The number of fused-ring (bicyclic) bond motifs is 1. The van der Waals surface area contributed by atoms with E-state index in [2.05, 4.69) is 4.98 Å². The van der Waals surface area contributed by atoms with Crippen LogP contribution in [0.2, 0.25) is 0 Å². The highest BCUT2D eigenvalue weighted by atomic mass is 16.2. The van der Waals surface area contributed by atoms with Gasteiger partial charge in [0.1, 0.15) is 0 Å². The molecule has 100 valence electrons. The topological polar surface area (TPSA) is 76.3 Å². The molecule has 2 aliphatic rings. The van der Waals surface area contributed by atoms with Gasteiger partial charge in [0.2, 0.25) is 0 Å². The van der Waals surface area contributed by atoms with Crippen LogP contribution in [-0.2, 0) is 0 Å². The third-order valence-corrected chi connectivity index (χ3v) is 4.33. The van der Waals surface area contributed by atoms with E-state index in [0.717, 1.165) is 32.1 Å². The van der Waals surface area contributed by atoms with Crippen molar-refractivity contribution in [3.8, 4) is 0 Å². The maximum atomic E-state index is 12.5. The van der Waals surface area contributed by atoms with Crippen LogP contribution in [0.5, 0.6) is 0 Å². The minimum absolute atomic E-state index is 0.213. The van der Waals surface area contributed by atoms with E-state index in [9.17, 15) is 9.59 Å². The van der Waals surface area contributed by atoms with Gasteiger partial charge < -0.3 is 5.73 Å². The number of nitrogens with zero attached hydrogens (tertiary/aromatic N) is 2. The first-order valence-electron chi connectivity index (χ1n) is 6.73. The molecule has 0 atom stereocenters. The number of carbonyl (C=O) groups is 2. The molecule has 1 aromatic rings. The maximum Gasteiger partial charge on any atom is 0.263 e. The van der Waals surface area contributed by atoms with Gasteiger partial charge in [-0.15, -0.1) is 0 Å². The van der Waals surface area contributed by atoms with Crippen LogP contribution in [0, 0.1) is 0 Å². The van der Waals surface area contributed by atoms with Crippen molar-refractivity contribution in [3.05, 3.63) is 29.6 Å². The lowest BCUT2D eigenvalue weighted by molar-refractivity contribution is 0.0346. The summed E-state index contributed by atoms with van der Waals surface area (Å²) in [6.07, 6.45) is 7.81. The van der Waals surface area contributed by atoms with E-state index < -0.39 is 5.54 Å². The average Bonchev–Trinajstić information content (AvgIpc) is 2.73.